The minimum Gasteiger partial charge on any atom is -0.388 e. The summed E-state index contributed by atoms with van der Waals surface area (Å²) in [6, 6.07) is 0. The van der Waals surface area contributed by atoms with Crippen molar-refractivity contribution < 1.29 is 20.1 Å². The van der Waals surface area contributed by atoms with Crippen LogP contribution in [0.3, 0.4) is 0 Å². The van der Waals surface area contributed by atoms with Gasteiger partial charge in [-0.25, -0.2) is 0 Å². The molecule has 0 unspecified atom stereocenters. The molecule has 0 bridgehead atoms. The molecule has 1 heterocycles. The van der Waals surface area contributed by atoms with Crippen LogP contribution in [0, 0.1) is 0 Å². The summed E-state index contributed by atoms with van der Waals surface area (Å²) in [6.07, 6.45) is -3.07. The van der Waals surface area contributed by atoms with Crippen molar-refractivity contribution in [1.82, 2.24) is 0 Å². The number of aliphatic hydroxyl groups is 3. The van der Waals surface area contributed by atoms with Crippen LogP contribution in [0.15, 0.2) is 0 Å². The molecule has 1 aliphatic heterocycles. The Balaban J connectivity index is 2.48. The van der Waals surface area contributed by atoms with E-state index in [0.29, 0.717) is 5.25 Å². The summed E-state index contributed by atoms with van der Waals surface area (Å²) < 4.78 is 5.19. The summed E-state index contributed by atoms with van der Waals surface area (Å²) in [5, 5.41) is 28.3. The molecule has 13 heavy (non-hydrogen) atoms. The minimum atomic E-state index is -1.09. The van der Waals surface area contributed by atoms with Gasteiger partial charge in [0, 0.05) is 5.25 Å². The highest BCUT2D eigenvalue weighted by Gasteiger charge is 2.37. The quantitative estimate of drug-likeness (QED) is 0.574. The van der Waals surface area contributed by atoms with Crippen molar-refractivity contribution in [2.75, 3.05) is 6.61 Å². The molecule has 0 spiro atoms. The van der Waals surface area contributed by atoms with Gasteiger partial charge in [0.1, 0.15) is 23.7 Å². The molecule has 3 N–H and O–H groups in total. The maximum absolute atomic E-state index is 9.50. The molecule has 5 heteroatoms. The molecule has 0 aromatic rings. The molecule has 0 aromatic heterocycles. The lowest BCUT2D eigenvalue weighted by Crippen LogP contribution is -2.51. The normalized spacial score (nSPS) is 41.1. The Morgan fingerprint density at radius 2 is 1.85 bits per heavy atom. The molecule has 1 saturated heterocycles. The Labute approximate surface area is 81.9 Å². The van der Waals surface area contributed by atoms with E-state index in [2.05, 4.69) is 0 Å². The predicted molar refractivity (Wildman–Crippen MR) is 50.5 cm³/mol. The molecule has 0 aliphatic carbocycles. The molecule has 0 amide bonds. The molecule has 78 valence electrons. The van der Waals surface area contributed by atoms with Crippen LogP contribution < -0.4 is 0 Å². The van der Waals surface area contributed by atoms with Gasteiger partial charge in [-0.1, -0.05) is 13.8 Å². The van der Waals surface area contributed by atoms with Gasteiger partial charge in [-0.15, -0.1) is 11.8 Å². The predicted octanol–water partition coefficient (Wildman–Crippen LogP) is -0.433. The maximum Gasteiger partial charge on any atom is 0.132 e. The van der Waals surface area contributed by atoms with Crippen molar-refractivity contribution in [3.05, 3.63) is 0 Å². The van der Waals surface area contributed by atoms with E-state index < -0.39 is 23.7 Å². The van der Waals surface area contributed by atoms with Gasteiger partial charge < -0.3 is 20.1 Å². The summed E-state index contributed by atoms with van der Waals surface area (Å²) in [5.41, 5.74) is -0.432. The Morgan fingerprint density at radius 1 is 1.23 bits per heavy atom. The molecule has 1 rings (SSSR count). The molecule has 0 saturated carbocycles. The van der Waals surface area contributed by atoms with E-state index in [1.54, 1.807) is 0 Å². The standard InChI is InChI=1S/C8H16O4S/c1-4(2)13-8-7(11)6(10)5(9)3-12-8/h4-11H,3H2,1-2H3/t5-,6+,7-,8+/m1/s1. The van der Waals surface area contributed by atoms with Gasteiger partial charge in [-0.05, 0) is 0 Å². The fourth-order valence-electron chi connectivity index (χ4n) is 1.17. The Kier molecular flexibility index (Phi) is 4.00. The summed E-state index contributed by atoms with van der Waals surface area (Å²) in [7, 11) is 0. The van der Waals surface area contributed by atoms with Crippen molar-refractivity contribution in [3.8, 4) is 0 Å². The number of rotatable bonds is 2. The van der Waals surface area contributed by atoms with E-state index in [1.165, 1.54) is 11.8 Å². The first-order valence-corrected chi connectivity index (χ1v) is 5.28. The molecular formula is C8H16O4S. The van der Waals surface area contributed by atoms with Crippen molar-refractivity contribution in [2.24, 2.45) is 0 Å². The Hall–Kier alpha value is 0.190. The minimum absolute atomic E-state index is 0.0859. The fraction of sp³-hybridized carbons (Fsp3) is 1.00. The van der Waals surface area contributed by atoms with E-state index in [-0.39, 0.29) is 6.61 Å². The van der Waals surface area contributed by atoms with Crippen LogP contribution in [0.5, 0.6) is 0 Å². The zero-order valence-corrected chi connectivity index (χ0v) is 8.57. The first-order valence-electron chi connectivity index (χ1n) is 4.33. The molecule has 1 fully saturated rings. The lowest BCUT2D eigenvalue weighted by atomic mass is 10.1. The Bertz CT molecular complexity index is 164. The van der Waals surface area contributed by atoms with Crippen molar-refractivity contribution in [1.29, 1.82) is 0 Å². The van der Waals surface area contributed by atoms with Crippen molar-refractivity contribution in [2.45, 2.75) is 42.8 Å². The van der Waals surface area contributed by atoms with E-state index >= 15 is 0 Å². The van der Waals surface area contributed by atoms with Gasteiger partial charge in [-0.3, -0.25) is 0 Å². The van der Waals surface area contributed by atoms with Gasteiger partial charge in [0.25, 0.3) is 0 Å². The smallest absolute Gasteiger partial charge is 0.132 e. The van der Waals surface area contributed by atoms with Gasteiger partial charge >= 0.3 is 0 Å². The van der Waals surface area contributed by atoms with Crippen LogP contribution >= 0.6 is 11.8 Å². The average Bonchev–Trinajstić information content (AvgIpc) is 2.06. The second-order valence-corrected chi connectivity index (χ2v) is 5.11. The highest BCUT2D eigenvalue weighted by Crippen LogP contribution is 2.27. The third-order valence-electron chi connectivity index (χ3n) is 1.86. The number of ether oxygens (including phenoxy) is 1. The van der Waals surface area contributed by atoms with Crippen LogP contribution in [-0.2, 0) is 4.74 Å². The summed E-state index contributed by atoms with van der Waals surface area (Å²) >= 11 is 1.45. The topological polar surface area (TPSA) is 69.9 Å². The average molecular weight is 208 g/mol. The number of thioether (sulfide) groups is 1. The van der Waals surface area contributed by atoms with Crippen molar-refractivity contribution in [3.63, 3.8) is 0 Å². The third kappa shape index (κ3) is 2.82. The first-order chi connectivity index (χ1) is 6.02. The van der Waals surface area contributed by atoms with Crippen molar-refractivity contribution >= 4 is 11.8 Å². The number of hydrogen-bond acceptors (Lipinski definition) is 5. The lowest BCUT2D eigenvalue weighted by molar-refractivity contribution is -0.161. The third-order valence-corrected chi connectivity index (χ3v) is 3.09. The highest BCUT2D eigenvalue weighted by molar-refractivity contribution is 8.00. The largest absolute Gasteiger partial charge is 0.388 e. The monoisotopic (exact) mass is 208 g/mol. The van der Waals surface area contributed by atoms with Gasteiger partial charge in [0.2, 0.25) is 0 Å². The second kappa shape index (κ2) is 4.61. The van der Waals surface area contributed by atoms with Gasteiger partial charge in [0.05, 0.1) is 6.61 Å². The highest BCUT2D eigenvalue weighted by atomic mass is 32.2. The van der Waals surface area contributed by atoms with Crippen LogP contribution in [0.2, 0.25) is 0 Å². The summed E-state index contributed by atoms with van der Waals surface area (Å²) in [6.45, 7) is 4.05. The Morgan fingerprint density at radius 3 is 2.38 bits per heavy atom. The number of aliphatic hydroxyl groups excluding tert-OH is 3. The zero-order chi connectivity index (χ0) is 10.0. The molecule has 4 nitrogen and oxygen atoms in total. The second-order valence-electron chi connectivity index (χ2n) is 3.44. The summed E-state index contributed by atoms with van der Waals surface area (Å²) in [5.74, 6) is 0. The van der Waals surface area contributed by atoms with E-state index in [1.807, 2.05) is 13.8 Å². The molecule has 0 aromatic carbocycles. The maximum atomic E-state index is 9.50. The molecule has 4 atom stereocenters. The number of hydrogen-bond donors (Lipinski definition) is 3. The molecule has 1 aliphatic rings. The van der Waals surface area contributed by atoms with E-state index in [9.17, 15) is 10.2 Å². The first kappa shape index (κ1) is 11.3. The van der Waals surface area contributed by atoms with E-state index in [0.717, 1.165) is 0 Å². The fourth-order valence-corrected chi connectivity index (χ4v) is 2.18. The SMILES string of the molecule is CC(C)S[C@@H]1OC[C@@H](O)[C@H](O)[C@H]1O. The van der Waals surface area contributed by atoms with Gasteiger partial charge in [-0.2, -0.15) is 0 Å². The zero-order valence-electron chi connectivity index (χ0n) is 7.75. The van der Waals surface area contributed by atoms with Crippen LogP contribution in [0.25, 0.3) is 0 Å². The summed E-state index contributed by atoms with van der Waals surface area (Å²) in [4.78, 5) is 0. The van der Waals surface area contributed by atoms with Crippen LogP contribution in [0.4, 0.5) is 0 Å². The van der Waals surface area contributed by atoms with Crippen LogP contribution in [-0.4, -0.2) is 50.9 Å². The molecular weight excluding hydrogens is 192 g/mol. The molecule has 0 radical (unpaired) electrons. The van der Waals surface area contributed by atoms with E-state index in [4.69, 9.17) is 9.84 Å². The van der Waals surface area contributed by atoms with Gasteiger partial charge in [0.15, 0.2) is 0 Å². The lowest BCUT2D eigenvalue weighted by Gasteiger charge is -2.35. The van der Waals surface area contributed by atoms with Crippen LogP contribution in [0.1, 0.15) is 13.8 Å².